The number of aromatic amines is 2. The standard InChI is InChI=1S/C32H46N4O4.C32H44N4O4.C32H45NO4/c2*1-27(2)11-13-32(26(39)40-8)14-12-31(7)23(19(32)17-27)20(37)15-22-29(5)16-18(25-33-35-36-34-25)24(38)28(3,4)21(29)9-10-30(22,31)6;1-27(2)11-13-32(26(36)37-8)14-12-31(7)24(20(32)17-27)21(34)15-23-29(5)16-19(18-33)25(35)28(3,4)22(29)9-10-30(23,31)6/h15,19,21,23,38H,9-14,16-17H2,1-8H3,(H,33,34,35,36);15-16,19,21,23H,9-14,17H2,1-8H3,(H,33,34,35,36);15,20,22,24,35H,9-14,16-17H2,1-8H3/t2*19-,21?,23-,29-,30+,31+,32-;20-,22?,24-,29-,30+,31+,32-/m000/s1. The van der Waals surface area contributed by atoms with Crippen LogP contribution in [0.15, 0.2) is 58.1 Å². The molecule has 9 saturated carbocycles. The van der Waals surface area contributed by atoms with Gasteiger partial charge >= 0.3 is 17.9 Å². The third-order valence-electron chi connectivity index (χ3n) is 38.8. The normalized spacial score (nSPS) is 44.2. The number of ketones is 4. The number of aromatic nitrogens is 8. The molecule has 15 aliphatic rings. The number of rotatable bonds is 5. The summed E-state index contributed by atoms with van der Waals surface area (Å²) in [5, 5.41) is 61.8. The highest BCUT2D eigenvalue weighted by molar-refractivity contribution is 6.23. The van der Waals surface area contributed by atoms with Gasteiger partial charge < -0.3 is 24.4 Å². The smallest absolute Gasteiger partial charge is 0.312 e. The van der Waals surface area contributed by atoms with Crippen molar-refractivity contribution in [2.45, 2.75) is 293 Å². The topological polar surface area (TPSA) is 320 Å². The number of nitrogens with one attached hydrogen (secondary N) is 2. The van der Waals surface area contributed by atoms with E-state index in [1.807, 2.05) is 38.2 Å². The molecule has 0 amide bonds. The van der Waals surface area contributed by atoms with Crippen LogP contribution in [-0.2, 0) is 47.8 Å². The lowest BCUT2D eigenvalue weighted by Gasteiger charge is -2.69. The largest absolute Gasteiger partial charge is 0.511 e. The average Bonchev–Trinajstić information content (AvgIpc) is 1.63. The fourth-order valence-electron chi connectivity index (χ4n) is 31.9. The number of Topliss-reactive ketones (excluding diaryl/α,β-unsaturated/α-hetero) is 1. The Hall–Kier alpha value is -7.24. The van der Waals surface area contributed by atoms with E-state index in [1.54, 1.807) is 0 Å². The second-order valence-corrected chi connectivity index (χ2v) is 46.5. The number of nitriles is 1. The van der Waals surface area contributed by atoms with Gasteiger partial charge in [0.05, 0.1) is 54.8 Å². The summed E-state index contributed by atoms with van der Waals surface area (Å²) in [4.78, 5) is 97.6. The van der Waals surface area contributed by atoms with Crippen molar-refractivity contribution in [1.29, 1.82) is 5.26 Å². The van der Waals surface area contributed by atoms with Gasteiger partial charge in [-0.3, -0.25) is 33.6 Å². The highest BCUT2D eigenvalue weighted by atomic mass is 16.5. The van der Waals surface area contributed by atoms with E-state index in [0.717, 1.165) is 140 Å². The second-order valence-electron chi connectivity index (χ2n) is 46.5. The molecular formula is C96H135N9O12. The molecule has 2 aromatic rings. The predicted molar refractivity (Wildman–Crippen MR) is 442 cm³/mol. The Morgan fingerprint density at radius 1 is 0.436 bits per heavy atom. The summed E-state index contributed by atoms with van der Waals surface area (Å²) in [7, 11) is 4.48. The molecule has 2 heterocycles. The predicted octanol–water partition coefficient (Wildman–Crippen LogP) is 18.8. The minimum Gasteiger partial charge on any atom is -0.511 e. The lowest BCUT2D eigenvalue weighted by molar-refractivity contribution is -0.192. The maximum atomic E-state index is 14.6. The van der Waals surface area contributed by atoms with Crippen molar-refractivity contribution in [1.82, 2.24) is 41.2 Å². The van der Waals surface area contributed by atoms with Gasteiger partial charge in [-0.2, -0.15) is 15.7 Å². The maximum Gasteiger partial charge on any atom is 0.312 e. The van der Waals surface area contributed by atoms with Gasteiger partial charge in [0.25, 0.3) is 0 Å². The Bertz CT molecular complexity index is 4790. The summed E-state index contributed by atoms with van der Waals surface area (Å²) in [5.41, 5.74) is -0.912. The molecule has 0 aliphatic heterocycles. The lowest BCUT2D eigenvalue weighted by atomic mass is 9.34. The highest BCUT2D eigenvalue weighted by Crippen LogP contribution is 2.80. The number of methoxy groups -OCH3 is 3. The van der Waals surface area contributed by atoms with Gasteiger partial charge in [0, 0.05) is 45.0 Å². The molecule has 21 atom stereocenters. The first-order valence-corrected chi connectivity index (χ1v) is 44.2. The minimum atomic E-state index is -0.650. The van der Waals surface area contributed by atoms with E-state index in [0.29, 0.717) is 47.0 Å². The van der Waals surface area contributed by atoms with E-state index in [-0.39, 0.29) is 160 Å². The van der Waals surface area contributed by atoms with Crippen LogP contribution >= 0.6 is 0 Å². The Morgan fingerprint density at radius 2 is 0.778 bits per heavy atom. The first-order valence-electron chi connectivity index (χ1n) is 44.2. The number of carbonyl (C=O) groups excluding carboxylic acids is 7. The van der Waals surface area contributed by atoms with Gasteiger partial charge in [0.2, 0.25) is 11.6 Å². The molecule has 21 nitrogen and oxygen atoms in total. The van der Waals surface area contributed by atoms with E-state index in [9.17, 15) is 49.0 Å². The molecule has 2 aromatic heterocycles. The van der Waals surface area contributed by atoms with Gasteiger partial charge in [-0.1, -0.05) is 168 Å². The van der Waals surface area contributed by atoms with Crippen molar-refractivity contribution in [2.75, 3.05) is 21.3 Å². The third kappa shape index (κ3) is 11.3. The molecule has 0 saturated heterocycles. The van der Waals surface area contributed by atoms with Crippen LogP contribution in [0.4, 0.5) is 0 Å². The summed E-state index contributed by atoms with van der Waals surface area (Å²) in [5.74, 6) is 0.934. The van der Waals surface area contributed by atoms with Gasteiger partial charge in [-0.15, -0.1) is 20.4 Å². The summed E-state index contributed by atoms with van der Waals surface area (Å²) in [6.45, 7) is 46.8. The van der Waals surface area contributed by atoms with Gasteiger partial charge in [-0.05, 0) is 271 Å². The Labute approximate surface area is 694 Å². The SMILES string of the molecule is COC(=O)[C@]12CCC(C)(C)C[C@H]1[C@H]1C(=O)C=C3[C@@]4(C)C=C(c5nn[nH]n5)C(=O)C(C)(C)C4CC[C@@]3(C)[C@]1(C)CC2.COC(=O)[C@]12CCC(C)(C)C[C@H]1[C@H]1C(=O)C=C3[C@@]4(C)CC(C#N)=C(O)C(C)(C)C4CC[C@@]3(C)[C@]1(C)CC2.COC(=O)[C@]12CCC(C)(C)C[C@H]1[C@H]1C(=O)C=C3[C@@]4(C)CC(c5nn[nH]n5)=C(O)C(C)(C)C4CC[C@@]3(C)[C@]1(C)CC2. The number of ether oxygens (including phenoxy) is 3. The highest BCUT2D eigenvalue weighted by Gasteiger charge is 2.76. The number of carbonyl (C=O) groups is 7. The van der Waals surface area contributed by atoms with Crippen LogP contribution in [-0.4, -0.2) is 114 Å². The molecule has 3 unspecified atom stereocenters. The van der Waals surface area contributed by atoms with E-state index < -0.39 is 37.9 Å². The van der Waals surface area contributed by atoms with Crippen molar-refractivity contribution in [3.63, 3.8) is 0 Å². The summed E-state index contributed by atoms with van der Waals surface area (Å²) in [6.07, 6.45) is 27.1. The number of esters is 3. The Kier molecular flexibility index (Phi) is 19.3. The fourth-order valence-corrected chi connectivity index (χ4v) is 31.9. The lowest BCUT2D eigenvalue weighted by Crippen LogP contribution is -2.65. The molecule has 15 aliphatic carbocycles. The van der Waals surface area contributed by atoms with Crippen molar-refractivity contribution < 1.29 is 58.0 Å². The van der Waals surface area contributed by atoms with E-state index >= 15 is 0 Å². The molecule has 21 heteroatoms. The molecular weight excluding hydrogens is 1470 g/mol. The summed E-state index contributed by atoms with van der Waals surface area (Å²) in [6, 6.07) is 2.29. The molecule has 9 fully saturated rings. The van der Waals surface area contributed by atoms with Crippen molar-refractivity contribution >= 4 is 52.2 Å². The number of hydrogen-bond donors (Lipinski definition) is 4. The van der Waals surface area contributed by atoms with Crippen LogP contribution in [0.1, 0.15) is 305 Å². The van der Waals surface area contributed by atoms with Gasteiger partial charge in [0.1, 0.15) is 11.5 Å². The van der Waals surface area contributed by atoms with E-state index in [1.165, 1.54) is 32.5 Å². The number of H-pyrrole nitrogens is 2. The number of nitrogens with zero attached hydrogens (tertiary/aromatic N) is 7. The number of aliphatic hydroxyl groups is 2. The first-order chi connectivity index (χ1) is 54.2. The first kappa shape index (κ1) is 84.8. The number of aliphatic hydroxyl groups excluding tert-OH is 2. The molecule has 4 N–H and O–H groups in total. The zero-order valence-electron chi connectivity index (χ0n) is 74.9. The number of allylic oxidation sites excluding steroid dienone is 12. The summed E-state index contributed by atoms with van der Waals surface area (Å²) >= 11 is 0. The molecule has 0 bridgehead atoms. The molecule has 636 valence electrons. The van der Waals surface area contributed by atoms with Crippen molar-refractivity contribution in [3.05, 3.63) is 69.8 Å². The molecule has 0 radical (unpaired) electrons. The van der Waals surface area contributed by atoms with Crippen LogP contribution in [0, 0.1) is 162 Å². The van der Waals surface area contributed by atoms with E-state index in [4.69, 9.17) is 14.2 Å². The number of fused-ring (bicyclic) bond motifs is 21. The third-order valence-corrected chi connectivity index (χ3v) is 38.8. The zero-order valence-corrected chi connectivity index (χ0v) is 74.9. The number of tetrazole rings is 2. The molecule has 0 aromatic carbocycles. The van der Waals surface area contributed by atoms with Crippen LogP contribution in [0.5, 0.6) is 0 Å². The quantitative estimate of drug-likeness (QED) is 0.160. The monoisotopic (exact) mass is 1610 g/mol. The van der Waals surface area contributed by atoms with Crippen LogP contribution in [0.2, 0.25) is 0 Å². The van der Waals surface area contributed by atoms with Crippen molar-refractivity contribution in [3.8, 4) is 6.07 Å². The van der Waals surface area contributed by atoms with Gasteiger partial charge in [-0.25, -0.2) is 0 Å². The van der Waals surface area contributed by atoms with Crippen LogP contribution < -0.4 is 0 Å². The second kappa shape index (κ2) is 26.6. The zero-order chi connectivity index (χ0) is 85.6. The van der Waals surface area contributed by atoms with Crippen LogP contribution in [0.3, 0.4) is 0 Å². The summed E-state index contributed by atoms with van der Waals surface area (Å²) < 4.78 is 16.3. The Morgan fingerprint density at radius 3 is 1.15 bits per heavy atom. The molecule has 117 heavy (non-hydrogen) atoms. The average molecular weight is 1610 g/mol. The minimum absolute atomic E-state index is 0.0248. The van der Waals surface area contributed by atoms with Crippen molar-refractivity contribution in [2.24, 2.45) is 151 Å². The Balaban J connectivity index is 0.000000138. The number of hydrogen-bond acceptors (Lipinski definition) is 19. The van der Waals surface area contributed by atoms with E-state index in [2.05, 4.69) is 179 Å². The van der Waals surface area contributed by atoms with Crippen LogP contribution in [0.25, 0.3) is 11.1 Å². The van der Waals surface area contributed by atoms with Gasteiger partial charge in [0.15, 0.2) is 23.1 Å². The maximum absolute atomic E-state index is 14.6. The molecule has 0 spiro atoms. The fraction of sp³-hybridized carbons (Fsp3) is 0.771. The molecule has 17 rings (SSSR count).